The summed E-state index contributed by atoms with van der Waals surface area (Å²) in [5.74, 6) is 0.932. The molecule has 1 aliphatic heterocycles. The van der Waals surface area contributed by atoms with Crippen LogP contribution in [-0.2, 0) is 0 Å². The summed E-state index contributed by atoms with van der Waals surface area (Å²) >= 11 is 0. The highest BCUT2D eigenvalue weighted by molar-refractivity contribution is 5.97. The first-order chi connectivity index (χ1) is 13.1. The van der Waals surface area contributed by atoms with Crippen LogP contribution in [0.4, 0.5) is 5.69 Å². The maximum Gasteiger partial charge on any atom is 0.270 e. The second-order valence-electron chi connectivity index (χ2n) is 7.11. The molecule has 0 bridgehead atoms. The van der Waals surface area contributed by atoms with Gasteiger partial charge in [0, 0.05) is 44.4 Å². The van der Waals surface area contributed by atoms with Crippen molar-refractivity contribution in [3.05, 3.63) is 48.4 Å². The van der Waals surface area contributed by atoms with E-state index in [1.54, 1.807) is 13.4 Å². The number of nitrogens with zero attached hydrogens (tertiary/aromatic N) is 3. The number of furan rings is 1. The summed E-state index contributed by atoms with van der Waals surface area (Å²) in [4.78, 5) is 17.4. The highest BCUT2D eigenvalue weighted by atomic mass is 16.5. The minimum Gasteiger partial charge on any atom is -0.495 e. The van der Waals surface area contributed by atoms with Crippen LogP contribution in [-0.4, -0.2) is 48.7 Å². The summed E-state index contributed by atoms with van der Waals surface area (Å²) in [6.07, 6.45) is 1.67. The number of para-hydroxylation sites is 2. The number of anilines is 1. The number of amides is 1. The van der Waals surface area contributed by atoms with E-state index in [9.17, 15) is 4.79 Å². The van der Waals surface area contributed by atoms with Crippen molar-refractivity contribution in [3.8, 4) is 5.75 Å². The average Bonchev–Trinajstić information content (AvgIpc) is 3.28. The number of aromatic nitrogens is 1. The molecule has 142 valence electrons. The van der Waals surface area contributed by atoms with Gasteiger partial charge in [-0.2, -0.15) is 0 Å². The molecule has 27 heavy (non-hydrogen) atoms. The van der Waals surface area contributed by atoms with Gasteiger partial charge in [-0.05, 0) is 26.0 Å². The van der Waals surface area contributed by atoms with Gasteiger partial charge in [0.05, 0.1) is 24.6 Å². The van der Waals surface area contributed by atoms with Crippen molar-refractivity contribution >= 4 is 22.7 Å². The van der Waals surface area contributed by atoms with Crippen molar-refractivity contribution < 1.29 is 13.9 Å². The molecule has 6 nitrogen and oxygen atoms in total. The molecule has 2 aromatic heterocycles. The molecule has 1 aliphatic rings. The van der Waals surface area contributed by atoms with E-state index in [2.05, 4.69) is 29.4 Å². The summed E-state index contributed by atoms with van der Waals surface area (Å²) < 4.78 is 13.0. The largest absolute Gasteiger partial charge is 0.495 e. The predicted molar refractivity (Wildman–Crippen MR) is 106 cm³/mol. The van der Waals surface area contributed by atoms with Crippen LogP contribution >= 0.6 is 0 Å². The molecule has 0 unspecified atom stereocenters. The van der Waals surface area contributed by atoms with Gasteiger partial charge in [-0.1, -0.05) is 12.1 Å². The Morgan fingerprint density at radius 2 is 1.85 bits per heavy atom. The predicted octanol–water partition coefficient (Wildman–Crippen LogP) is 3.79. The molecule has 0 spiro atoms. The molecule has 6 heteroatoms. The molecule has 1 aromatic carbocycles. The molecule has 3 aromatic rings. The van der Waals surface area contributed by atoms with Gasteiger partial charge in [0.1, 0.15) is 11.4 Å². The van der Waals surface area contributed by atoms with Crippen LogP contribution < -0.4 is 9.64 Å². The maximum absolute atomic E-state index is 13.2. The van der Waals surface area contributed by atoms with Crippen LogP contribution in [0, 0.1) is 0 Å². The lowest BCUT2D eigenvalue weighted by atomic mass is 10.2. The normalized spacial score (nSPS) is 15.0. The molecule has 1 amide bonds. The number of carbonyl (C=O) groups is 1. The van der Waals surface area contributed by atoms with Gasteiger partial charge >= 0.3 is 0 Å². The van der Waals surface area contributed by atoms with Gasteiger partial charge < -0.3 is 23.5 Å². The summed E-state index contributed by atoms with van der Waals surface area (Å²) in [5, 5.41) is 0. The number of ether oxygens (including phenoxy) is 1. The summed E-state index contributed by atoms with van der Waals surface area (Å²) in [7, 11) is 1.69. The molecule has 0 radical (unpaired) electrons. The van der Waals surface area contributed by atoms with E-state index in [-0.39, 0.29) is 11.9 Å². The number of carbonyl (C=O) groups excluding carboxylic acids is 1. The lowest BCUT2D eigenvalue weighted by Crippen LogP contribution is -2.49. The zero-order chi connectivity index (χ0) is 19.0. The fourth-order valence-corrected chi connectivity index (χ4v) is 3.87. The van der Waals surface area contributed by atoms with Crippen molar-refractivity contribution in [1.82, 2.24) is 9.47 Å². The Morgan fingerprint density at radius 1 is 1.11 bits per heavy atom. The molecule has 0 aliphatic carbocycles. The van der Waals surface area contributed by atoms with Crippen molar-refractivity contribution in [1.29, 1.82) is 0 Å². The third-order valence-corrected chi connectivity index (χ3v) is 5.19. The van der Waals surface area contributed by atoms with Crippen molar-refractivity contribution in [2.45, 2.75) is 19.9 Å². The van der Waals surface area contributed by atoms with Crippen molar-refractivity contribution in [2.75, 3.05) is 38.2 Å². The molecule has 1 fully saturated rings. The van der Waals surface area contributed by atoms with Gasteiger partial charge in [-0.3, -0.25) is 4.79 Å². The van der Waals surface area contributed by atoms with Crippen LogP contribution in [0.15, 0.2) is 47.1 Å². The molecule has 0 atom stereocenters. The standard InChI is InChI=1S/C21H25N3O3/c1-15(2)24-17-8-13-27-20(17)14-18(24)21(25)23-11-9-22(10-12-23)16-6-4-5-7-19(16)26-3/h4-8,13-15H,9-12H2,1-3H3. The van der Waals surface area contributed by atoms with Crippen LogP contribution in [0.25, 0.3) is 11.1 Å². The molecular weight excluding hydrogens is 342 g/mol. The first kappa shape index (κ1) is 17.5. The van der Waals surface area contributed by atoms with E-state index in [0.717, 1.165) is 35.6 Å². The first-order valence-corrected chi connectivity index (χ1v) is 9.36. The van der Waals surface area contributed by atoms with Crippen molar-refractivity contribution in [2.24, 2.45) is 0 Å². The Balaban J connectivity index is 1.52. The quantitative estimate of drug-likeness (QED) is 0.704. The Hall–Kier alpha value is -2.89. The van der Waals surface area contributed by atoms with Crippen LogP contribution in [0.5, 0.6) is 5.75 Å². The van der Waals surface area contributed by atoms with Gasteiger partial charge in [0.25, 0.3) is 5.91 Å². The fourth-order valence-electron chi connectivity index (χ4n) is 3.87. The topological polar surface area (TPSA) is 50.9 Å². The van der Waals surface area contributed by atoms with E-state index >= 15 is 0 Å². The average molecular weight is 367 g/mol. The van der Waals surface area contributed by atoms with Crippen LogP contribution in [0.2, 0.25) is 0 Å². The molecule has 3 heterocycles. The number of methoxy groups -OCH3 is 1. The van der Waals surface area contributed by atoms with E-state index in [1.165, 1.54) is 0 Å². The zero-order valence-corrected chi connectivity index (χ0v) is 16.0. The molecule has 0 N–H and O–H groups in total. The van der Waals surface area contributed by atoms with Gasteiger partial charge in [-0.15, -0.1) is 0 Å². The number of hydrogen-bond acceptors (Lipinski definition) is 4. The van der Waals surface area contributed by atoms with E-state index in [1.807, 2.05) is 35.2 Å². The second kappa shape index (κ2) is 7.02. The molecule has 1 saturated heterocycles. The Morgan fingerprint density at radius 3 is 2.56 bits per heavy atom. The number of benzene rings is 1. The SMILES string of the molecule is COc1ccccc1N1CCN(C(=O)c2cc3occc3n2C(C)C)CC1. The minimum absolute atomic E-state index is 0.0646. The number of hydrogen-bond donors (Lipinski definition) is 0. The maximum atomic E-state index is 13.2. The van der Waals surface area contributed by atoms with Crippen LogP contribution in [0.3, 0.4) is 0 Å². The minimum atomic E-state index is 0.0646. The van der Waals surface area contributed by atoms with E-state index in [4.69, 9.17) is 9.15 Å². The van der Waals surface area contributed by atoms with Gasteiger partial charge in [0.2, 0.25) is 0 Å². The highest BCUT2D eigenvalue weighted by Crippen LogP contribution is 2.29. The Bertz CT molecular complexity index is 949. The van der Waals surface area contributed by atoms with E-state index in [0.29, 0.717) is 18.8 Å². The lowest BCUT2D eigenvalue weighted by molar-refractivity contribution is 0.0734. The molecule has 4 rings (SSSR count). The lowest BCUT2D eigenvalue weighted by Gasteiger charge is -2.36. The first-order valence-electron chi connectivity index (χ1n) is 9.36. The van der Waals surface area contributed by atoms with E-state index < -0.39 is 0 Å². The third kappa shape index (κ3) is 3.05. The molecule has 0 saturated carbocycles. The number of piperazine rings is 1. The Kier molecular flexibility index (Phi) is 4.56. The summed E-state index contributed by atoms with van der Waals surface area (Å²) in [6.45, 7) is 7.10. The zero-order valence-electron chi connectivity index (χ0n) is 16.0. The number of rotatable bonds is 4. The summed E-state index contributed by atoms with van der Waals surface area (Å²) in [5.41, 5.74) is 3.51. The monoisotopic (exact) mass is 367 g/mol. The smallest absolute Gasteiger partial charge is 0.270 e. The summed E-state index contributed by atoms with van der Waals surface area (Å²) in [6, 6.07) is 12.0. The molecular formula is C21H25N3O3. The number of fused-ring (bicyclic) bond motifs is 1. The fraction of sp³-hybridized carbons (Fsp3) is 0.381. The third-order valence-electron chi connectivity index (χ3n) is 5.19. The Labute approximate surface area is 158 Å². The van der Waals surface area contributed by atoms with Crippen LogP contribution in [0.1, 0.15) is 30.4 Å². The van der Waals surface area contributed by atoms with Crippen molar-refractivity contribution in [3.63, 3.8) is 0 Å². The second-order valence-corrected chi connectivity index (χ2v) is 7.11. The van der Waals surface area contributed by atoms with Gasteiger partial charge in [-0.25, -0.2) is 0 Å². The van der Waals surface area contributed by atoms with Gasteiger partial charge in [0.15, 0.2) is 5.58 Å². The highest BCUT2D eigenvalue weighted by Gasteiger charge is 2.27.